The van der Waals surface area contributed by atoms with E-state index in [2.05, 4.69) is 18.0 Å². The molecule has 0 N–H and O–H groups in total. The Bertz CT molecular complexity index is 792. The second-order valence-corrected chi connectivity index (χ2v) is 7.88. The highest BCUT2D eigenvalue weighted by atomic mass is 35.5. The molecule has 1 aromatic heterocycles. The quantitative estimate of drug-likeness (QED) is 0.292. The Morgan fingerprint density at radius 1 is 1.22 bits per heavy atom. The summed E-state index contributed by atoms with van der Waals surface area (Å²) < 4.78 is 5.81. The Morgan fingerprint density at radius 3 is 2.59 bits per heavy atom. The fourth-order valence-corrected chi connectivity index (χ4v) is 3.73. The van der Waals surface area contributed by atoms with Gasteiger partial charge in [-0.3, -0.25) is 0 Å². The highest BCUT2D eigenvalue weighted by molar-refractivity contribution is 7.11. The number of allylic oxidation sites excluding steroid dienone is 1. The zero-order valence-corrected chi connectivity index (χ0v) is 17.7. The first kappa shape index (κ1) is 21.5. The third-order valence-corrected chi connectivity index (χ3v) is 5.58. The molecular weight excluding hydrogens is 376 g/mol. The highest BCUT2D eigenvalue weighted by Gasteiger charge is 2.08. The number of thiazole rings is 1. The second-order valence-electron chi connectivity index (χ2n) is 6.62. The van der Waals surface area contributed by atoms with Crippen molar-refractivity contribution in [3.05, 3.63) is 44.9 Å². The summed E-state index contributed by atoms with van der Waals surface area (Å²) in [7, 11) is 0. The van der Waals surface area contributed by atoms with E-state index in [9.17, 15) is 5.26 Å². The van der Waals surface area contributed by atoms with Gasteiger partial charge in [0.25, 0.3) is 0 Å². The molecule has 0 bridgehead atoms. The molecule has 0 aliphatic rings. The minimum absolute atomic E-state index is 0.520. The van der Waals surface area contributed by atoms with Crippen molar-refractivity contribution in [3.8, 4) is 11.8 Å². The predicted molar refractivity (Wildman–Crippen MR) is 115 cm³/mol. The van der Waals surface area contributed by atoms with Crippen LogP contribution in [0.1, 0.15) is 68.1 Å². The van der Waals surface area contributed by atoms with Crippen LogP contribution < -0.4 is 4.74 Å². The Balaban J connectivity index is 1.86. The number of aromatic nitrogens is 1. The van der Waals surface area contributed by atoms with Gasteiger partial charge in [-0.1, -0.05) is 57.0 Å². The largest absolute Gasteiger partial charge is 0.494 e. The van der Waals surface area contributed by atoms with E-state index in [1.54, 1.807) is 6.08 Å². The van der Waals surface area contributed by atoms with E-state index in [0.717, 1.165) is 23.4 Å². The van der Waals surface area contributed by atoms with Gasteiger partial charge in [0.1, 0.15) is 16.8 Å². The zero-order valence-electron chi connectivity index (χ0n) is 16.1. The van der Waals surface area contributed by atoms with E-state index in [1.807, 2.05) is 30.5 Å². The number of nitriles is 1. The summed E-state index contributed by atoms with van der Waals surface area (Å²) in [4.78, 5) is 4.37. The van der Waals surface area contributed by atoms with Gasteiger partial charge >= 0.3 is 0 Å². The number of nitrogens with zero attached hydrogens (tertiary/aromatic N) is 2. The van der Waals surface area contributed by atoms with E-state index >= 15 is 0 Å². The number of hydrogen-bond acceptors (Lipinski definition) is 4. The lowest BCUT2D eigenvalue weighted by atomic mass is 10.1. The van der Waals surface area contributed by atoms with Crippen LogP contribution in [0.4, 0.5) is 0 Å². The lowest BCUT2D eigenvalue weighted by Crippen LogP contribution is -1.97. The molecule has 0 unspecified atom stereocenters. The minimum atomic E-state index is 0.520. The Kier molecular flexibility index (Phi) is 9.38. The van der Waals surface area contributed by atoms with Gasteiger partial charge in [0.15, 0.2) is 0 Å². The second kappa shape index (κ2) is 11.8. The average Bonchev–Trinajstić information content (AvgIpc) is 3.09. The normalized spacial score (nSPS) is 11.4. The molecule has 0 aliphatic carbocycles. The fraction of sp³-hybridized carbons (Fsp3) is 0.455. The third-order valence-electron chi connectivity index (χ3n) is 4.26. The molecule has 1 heterocycles. The van der Waals surface area contributed by atoms with Crippen LogP contribution in [0.25, 0.3) is 11.6 Å². The van der Waals surface area contributed by atoms with Crippen molar-refractivity contribution >= 4 is 34.6 Å². The van der Waals surface area contributed by atoms with E-state index in [0.29, 0.717) is 22.2 Å². The van der Waals surface area contributed by atoms with Crippen LogP contribution in [0.15, 0.2) is 23.6 Å². The molecule has 0 spiro atoms. The highest BCUT2D eigenvalue weighted by Crippen LogP contribution is 2.28. The predicted octanol–water partition coefficient (Wildman–Crippen LogP) is 7.30. The minimum Gasteiger partial charge on any atom is -0.494 e. The van der Waals surface area contributed by atoms with E-state index in [1.165, 1.54) is 49.9 Å². The molecule has 3 nitrogen and oxygen atoms in total. The lowest BCUT2D eigenvalue weighted by Gasteiger charge is -2.08. The molecule has 2 aromatic rings. The van der Waals surface area contributed by atoms with Crippen molar-refractivity contribution in [1.29, 1.82) is 5.26 Å². The summed E-state index contributed by atoms with van der Waals surface area (Å²) in [5.74, 6) is 0.770. The van der Waals surface area contributed by atoms with Gasteiger partial charge in [0, 0.05) is 11.1 Å². The summed E-state index contributed by atoms with van der Waals surface area (Å²) in [6.45, 7) is 4.86. The first-order chi connectivity index (χ1) is 13.1. The summed E-state index contributed by atoms with van der Waals surface area (Å²) in [6, 6.07) is 7.82. The van der Waals surface area contributed by atoms with Gasteiger partial charge in [0.05, 0.1) is 17.2 Å². The van der Waals surface area contributed by atoms with Crippen molar-refractivity contribution in [3.63, 3.8) is 0 Å². The molecule has 0 amide bonds. The molecule has 0 atom stereocenters. The molecule has 2 rings (SSSR count). The number of benzene rings is 1. The molecule has 0 radical (unpaired) electrons. The number of rotatable bonds is 11. The summed E-state index contributed by atoms with van der Waals surface area (Å²) in [6.07, 6.45) is 10.6. The zero-order chi connectivity index (χ0) is 19.5. The van der Waals surface area contributed by atoms with Gasteiger partial charge in [-0.2, -0.15) is 5.26 Å². The molecule has 0 saturated carbocycles. The van der Waals surface area contributed by atoms with Gasteiger partial charge in [-0.15, -0.1) is 11.3 Å². The standard InChI is InChI=1S/C22H27ClN2OS/c1-3-4-5-6-7-8-9-12-26-20-11-10-18(21(23)14-20)13-19(15-24)22-25-17(2)16-27-22/h10-11,13-14,16H,3-9,12H2,1-2H3/b19-13-. The maximum atomic E-state index is 9.41. The van der Waals surface area contributed by atoms with Gasteiger partial charge < -0.3 is 4.74 Å². The molecule has 27 heavy (non-hydrogen) atoms. The van der Waals surface area contributed by atoms with Crippen LogP contribution in [0.2, 0.25) is 5.02 Å². The number of ether oxygens (including phenoxy) is 1. The van der Waals surface area contributed by atoms with Crippen LogP contribution in [0, 0.1) is 18.3 Å². The van der Waals surface area contributed by atoms with Crippen molar-refractivity contribution < 1.29 is 4.74 Å². The average molecular weight is 403 g/mol. The first-order valence-corrected chi connectivity index (χ1v) is 10.9. The fourth-order valence-electron chi connectivity index (χ4n) is 2.74. The van der Waals surface area contributed by atoms with Crippen molar-refractivity contribution in [2.45, 2.75) is 58.8 Å². The third kappa shape index (κ3) is 7.36. The smallest absolute Gasteiger partial charge is 0.134 e. The Labute approximate surface area is 171 Å². The van der Waals surface area contributed by atoms with Crippen molar-refractivity contribution in [2.75, 3.05) is 6.61 Å². The first-order valence-electron chi connectivity index (χ1n) is 9.60. The summed E-state index contributed by atoms with van der Waals surface area (Å²) >= 11 is 7.85. The SMILES string of the molecule is CCCCCCCCCOc1ccc(/C=C(/C#N)c2nc(C)cs2)c(Cl)c1. The topological polar surface area (TPSA) is 45.9 Å². The number of aryl methyl sites for hydroxylation is 1. The van der Waals surface area contributed by atoms with Gasteiger partial charge in [-0.25, -0.2) is 4.98 Å². The molecule has 144 valence electrons. The van der Waals surface area contributed by atoms with E-state index in [4.69, 9.17) is 16.3 Å². The van der Waals surface area contributed by atoms with Crippen LogP contribution in [-0.2, 0) is 0 Å². The Morgan fingerprint density at radius 2 is 1.96 bits per heavy atom. The molecule has 1 aromatic carbocycles. The van der Waals surface area contributed by atoms with Crippen molar-refractivity contribution in [2.24, 2.45) is 0 Å². The number of halogens is 1. The van der Waals surface area contributed by atoms with E-state index < -0.39 is 0 Å². The number of unbranched alkanes of at least 4 members (excludes halogenated alkanes) is 6. The molecular formula is C22H27ClN2OS. The molecule has 0 aliphatic heterocycles. The lowest BCUT2D eigenvalue weighted by molar-refractivity contribution is 0.304. The molecule has 0 saturated heterocycles. The summed E-state index contributed by atoms with van der Waals surface area (Å²) in [5, 5.41) is 12.6. The monoisotopic (exact) mass is 402 g/mol. The van der Waals surface area contributed by atoms with Gasteiger partial charge in [0.2, 0.25) is 0 Å². The van der Waals surface area contributed by atoms with Crippen LogP contribution in [0.3, 0.4) is 0 Å². The van der Waals surface area contributed by atoms with Crippen LogP contribution in [0.5, 0.6) is 5.75 Å². The molecule has 0 fully saturated rings. The molecule has 5 heteroatoms. The maximum absolute atomic E-state index is 9.41. The maximum Gasteiger partial charge on any atom is 0.134 e. The summed E-state index contributed by atoms with van der Waals surface area (Å²) in [5.41, 5.74) is 2.23. The van der Waals surface area contributed by atoms with Crippen molar-refractivity contribution in [1.82, 2.24) is 4.98 Å². The van der Waals surface area contributed by atoms with E-state index in [-0.39, 0.29) is 0 Å². The Hall–Kier alpha value is -1.83. The van der Waals surface area contributed by atoms with Gasteiger partial charge in [-0.05, 0) is 43.2 Å². The number of hydrogen-bond donors (Lipinski definition) is 0. The van der Waals surface area contributed by atoms with Crippen LogP contribution >= 0.6 is 22.9 Å². The van der Waals surface area contributed by atoms with Crippen LogP contribution in [-0.4, -0.2) is 11.6 Å².